The third-order valence-electron chi connectivity index (χ3n) is 4.47. The zero-order valence-corrected chi connectivity index (χ0v) is 14.4. The highest BCUT2D eigenvalue weighted by molar-refractivity contribution is 7.16. The van der Waals surface area contributed by atoms with Crippen molar-refractivity contribution in [1.29, 1.82) is 0 Å². The molecular weight excluding hydrogens is 324 g/mol. The van der Waals surface area contributed by atoms with Crippen molar-refractivity contribution in [3.63, 3.8) is 0 Å². The van der Waals surface area contributed by atoms with Crippen LogP contribution in [0.4, 0.5) is 0 Å². The number of aryl methyl sites for hydroxylation is 1. The molecule has 0 N–H and O–H groups in total. The molecule has 1 aliphatic heterocycles. The zero-order valence-electron chi connectivity index (χ0n) is 13.6. The highest BCUT2D eigenvalue weighted by Crippen LogP contribution is 2.20. The molecule has 0 radical (unpaired) electrons. The predicted octanol–water partition coefficient (Wildman–Crippen LogP) is 1.71. The standard InChI is InChI=1S/C16H20N6OS/c1-12-19-22-15(23)9-13(18-16(22)24-12)10-20-7-3-2-5-14(20)11-21-8-4-6-17-21/h4,6,8-9,14H,2-3,5,7,10-11H2,1H3/t14-/m0/s1. The Balaban J connectivity index is 1.57. The molecule has 0 bridgehead atoms. The van der Waals surface area contributed by atoms with E-state index in [9.17, 15) is 4.79 Å². The first-order chi connectivity index (χ1) is 11.7. The largest absolute Gasteiger partial charge is 0.293 e. The number of hydrogen-bond donors (Lipinski definition) is 0. The Bertz CT molecular complexity index is 884. The summed E-state index contributed by atoms with van der Waals surface area (Å²) in [5, 5.41) is 9.38. The fourth-order valence-corrected chi connectivity index (χ4v) is 4.11. The maximum absolute atomic E-state index is 12.2. The molecule has 24 heavy (non-hydrogen) atoms. The van der Waals surface area contributed by atoms with Crippen LogP contribution in [0.3, 0.4) is 0 Å². The number of piperidine rings is 1. The summed E-state index contributed by atoms with van der Waals surface area (Å²) in [4.78, 5) is 20.0. The van der Waals surface area contributed by atoms with Gasteiger partial charge in [0, 0.05) is 31.0 Å². The summed E-state index contributed by atoms with van der Waals surface area (Å²) in [5.41, 5.74) is 0.732. The molecule has 0 saturated carbocycles. The Morgan fingerprint density at radius 3 is 3.12 bits per heavy atom. The van der Waals surface area contributed by atoms with Gasteiger partial charge in [0.25, 0.3) is 5.56 Å². The van der Waals surface area contributed by atoms with Gasteiger partial charge in [0.15, 0.2) is 0 Å². The lowest BCUT2D eigenvalue weighted by molar-refractivity contribution is 0.120. The normalized spacial score (nSPS) is 19.1. The van der Waals surface area contributed by atoms with E-state index in [4.69, 9.17) is 0 Å². The molecule has 8 heteroatoms. The van der Waals surface area contributed by atoms with Gasteiger partial charge in [-0.1, -0.05) is 17.8 Å². The Labute approximate surface area is 143 Å². The van der Waals surface area contributed by atoms with E-state index in [1.54, 1.807) is 6.07 Å². The fourth-order valence-electron chi connectivity index (χ4n) is 3.34. The average molecular weight is 344 g/mol. The van der Waals surface area contributed by atoms with Crippen molar-refractivity contribution in [3.05, 3.63) is 45.6 Å². The number of hydrogen-bond acceptors (Lipinski definition) is 6. The molecule has 0 aliphatic carbocycles. The molecule has 1 saturated heterocycles. The molecule has 0 aromatic carbocycles. The molecule has 4 heterocycles. The van der Waals surface area contributed by atoms with E-state index >= 15 is 0 Å². The topological polar surface area (TPSA) is 68.3 Å². The van der Waals surface area contributed by atoms with Gasteiger partial charge in [0.1, 0.15) is 5.01 Å². The lowest BCUT2D eigenvalue weighted by Gasteiger charge is -2.35. The van der Waals surface area contributed by atoms with Gasteiger partial charge in [-0.05, 0) is 32.4 Å². The highest BCUT2D eigenvalue weighted by atomic mass is 32.1. The van der Waals surface area contributed by atoms with Gasteiger partial charge >= 0.3 is 0 Å². The van der Waals surface area contributed by atoms with E-state index in [0.29, 0.717) is 17.5 Å². The molecular formula is C16H20N6OS. The number of fused-ring (bicyclic) bond motifs is 1. The first-order valence-corrected chi connectivity index (χ1v) is 9.08. The molecule has 3 aromatic heterocycles. The lowest BCUT2D eigenvalue weighted by Crippen LogP contribution is -2.42. The second kappa shape index (κ2) is 6.45. The Morgan fingerprint density at radius 2 is 2.29 bits per heavy atom. The van der Waals surface area contributed by atoms with Crippen LogP contribution in [0.15, 0.2) is 29.3 Å². The number of likely N-dealkylation sites (tertiary alicyclic amines) is 1. The lowest BCUT2D eigenvalue weighted by atomic mass is 10.0. The van der Waals surface area contributed by atoms with Crippen LogP contribution >= 0.6 is 11.3 Å². The van der Waals surface area contributed by atoms with Gasteiger partial charge in [-0.3, -0.25) is 14.4 Å². The summed E-state index contributed by atoms with van der Waals surface area (Å²) in [6.45, 7) is 4.51. The average Bonchev–Trinajstić information content (AvgIpc) is 3.18. The molecule has 4 rings (SSSR count). The third-order valence-corrected chi connectivity index (χ3v) is 5.29. The van der Waals surface area contributed by atoms with Gasteiger partial charge in [-0.15, -0.1) is 0 Å². The monoisotopic (exact) mass is 344 g/mol. The third kappa shape index (κ3) is 3.11. The quantitative estimate of drug-likeness (QED) is 0.721. The van der Waals surface area contributed by atoms with Crippen molar-refractivity contribution >= 4 is 16.3 Å². The predicted molar refractivity (Wildman–Crippen MR) is 92.1 cm³/mol. The minimum absolute atomic E-state index is 0.0972. The van der Waals surface area contributed by atoms with Crippen LogP contribution in [-0.4, -0.2) is 41.9 Å². The molecule has 0 amide bonds. The number of aromatic nitrogens is 5. The van der Waals surface area contributed by atoms with E-state index < -0.39 is 0 Å². The fraction of sp³-hybridized carbons (Fsp3) is 0.500. The van der Waals surface area contributed by atoms with Crippen molar-refractivity contribution in [2.24, 2.45) is 0 Å². The smallest absolute Gasteiger partial charge is 0.275 e. The van der Waals surface area contributed by atoms with Crippen molar-refractivity contribution < 1.29 is 0 Å². The van der Waals surface area contributed by atoms with Crippen LogP contribution in [0.5, 0.6) is 0 Å². The maximum atomic E-state index is 12.2. The molecule has 126 valence electrons. The molecule has 0 spiro atoms. The molecule has 1 fully saturated rings. The Morgan fingerprint density at radius 1 is 1.38 bits per heavy atom. The molecule has 1 aliphatic rings. The second-order valence-corrected chi connectivity index (χ2v) is 7.41. The van der Waals surface area contributed by atoms with Crippen LogP contribution in [0.1, 0.15) is 30.0 Å². The second-order valence-electron chi connectivity index (χ2n) is 6.25. The van der Waals surface area contributed by atoms with Gasteiger partial charge in [0.05, 0.1) is 12.2 Å². The first kappa shape index (κ1) is 15.5. The summed E-state index contributed by atoms with van der Waals surface area (Å²) >= 11 is 1.46. The summed E-state index contributed by atoms with van der Waals surface area (Å²) < 4.78 is 3.38. The van der Waals surface area contributed by atoms with Crippen LogP contribution in [-0.2, 0) is 13.1 Å². The van der Waals surface area contributed by atoms with Crippen LogP contribution in [0.25, 0.3) is 4.96 Å². The summed E-state index contributed by atoms with van der Waals surface area (Å²) in [6, 6.07) is 4.00. The van der Waals surface area contributed by atoms with Crippen LogP contribution in [0.2, 0.25) is 0 Å². The molecule has 3 aromatic rings. The van der Waals surface area contributed by atoms with Crippen molar-refractivity contribution in [2.75, 3.05) is 6.54 Å². The van der Waals surface area contributed by atoms with Crippen molar-refractivity contribution in [1.82, 2.24) is 29.3 Å². The molecule has 1 atom stereocenters. The zero-order chi connectivity index (χ0) is 16.5. The van der Waals surface area contributed by atoms with Gasteiger partial charge in [-0.25, -0.2) is 4.98 Å². The van der Waals surface area contributed by atoms with Crippen molar-refractivity contribution in [3.8, 4) is 0 Å². The van der Waals surface area contributed by atoms with Gasteiger partial charge < -0.3 is 0 Å². The molecule has 0 unspecified atom stereocenters. The summed E-state index contributed by atoms with van der Waals surface area (Å²) in [5.74, 6) is 0. The van der Waals surface area contributed by atoms with Crippen LogP contribution < -0.4 is 5.56 Å². The SMILES string of the molecule is Cc1nn2c(=O)cc(CN3CCCC[C@H]3Cn3cccn3)nc2s1. The molecule has 7 nitrogen and oxygen atoms in total. The van der Waals surface area contributed by atoms with Gasteiger partial charge in [-0.2, -0.15) is 14.7 Å². The summed E-state index contributed by atoms with van der Waals surface area (Å²) in [7, 11) is 0. The van der Waals surface area contributed by atoms with E-state index in [0.717, 1.165) is 30.2 Å². The van der Waals surface area contributed by atoms with E-state index in [1.165, 1.54) is 28.7 Å². The Kier molecular flexibility index (Phi) is 4.15. The number of nitrogens with zero attached hydrogens (tertiary/aromatic N) is 6. The van der Waals surface area contributed by atoms with E-state index in [-0.39, 0.29) is 5.56 Å². The Hall–Kier alpha value is -2.06. The maximum Gasteiger partial charge on any atom is 0.275 e. The van der Waals surface area contributed by atoms with Crippen molar-refractivity contribution in [2.45, 2.75) is 45.3 Å². The number of rotatable bonds is 4. The first-order valence-electron chi connectivity index (χ1n) is 8.27. The summed E-state index contributed by atoms with van der Waals surface area (Å²) in [6.07, 6.45) is 7.40. The highest BCUT2D eigenvalue weighted by Gasteiger charge is 2.24. The van der Waals surface area contributed by atoms with Crippen LogP contribution in [0, 0.1) is 6.92 Å². The van der Waals surface area contributed by atoms with E-state index in [1.807, 2.05) is 30.1 Å². The minimum atomic E-state index is -0.0972. The van der Waals surface area contributed by atoms with Gasteiger partial charge in [0.2, 0.25) is 4.96 Å². The van der Waals surface area contributed by atoms with E-state index in [2.05, 4.69) is 20.1 Å². The minimum Gasteiger partial charge on any atom is -0.293 e.